The summed E-state index contributed by atoms with van der Waals surface area (Å²) in [5, 5.41) is 9.67. The highest BCUT2D eigenvalue weighted by Crippen LogP contribution is 2.33. The highest BCUT2D eigenvalue weighted by atomic mass is 79.9. The summed E-state index contributed by atoms with van der Waals surface area (Å²) in [5.74, 6) is 0.510. The molecule has 0 unspecified atom stereocenters. The zero-order valence-electron chi connectivity index (χ0n) is 15.3. The van der Waals surface area contributed by atoms with Crippen LogP contribution in [0.2, 0.25) is 0 Å². The number of benzene rings is 2. The van der Waals surface area contributed by atoms with E-state index in [1.165, 1.54) is 11.3 Å². The molecule has 1 aromatic heterocycles. The van der Waals surface area contributed by atoms with Gasteiger partial charge in [-0.1, -0.05) is 28.1 Å². The SMILES string of the molecule is CN=c1scc(-c2ccc3c(c2)NC(=O)CO3)n1N=C(C)c1ccc(Br)cc1. The number of nitrogens with zero attached hydrogens (tertiary/aromatic N) is 3. The molecule has 0 bridgehead atoms. The van der Waals surface area contributed by atoms with Gasteiger partial charge in [-0.15, -0.1) is 11.3 Å². The summed E-state index contributed by atoms with van der Waals surface area (Å²) in [6, 6.07) is 13.7. The number of carbonyl (C=O) groups is 1. The number of thiazole rings is 1. The molecule has 2 aromatic carbocycles. The lowest BCUT2D eigenvalue weighted by Crippen LogP contribution is -2.25. The summed E-state index contributed by atoms with van der Waals surface area (Å²) >= 11 is 4.97. The zero-order valence-corrected chi connectivity index (χ0v) is 17.7. The van der Waals surface area contributed by atoms with Gasteiger partial charge in [-0.3, -0.25) is 9.79 Å². The first-order valence-corrected chi connectivity index (χ1v) is 10.2. The number of rotatable bonds is 3. The van der Waals surface area contributed by atoms with Crippen LogP contribution in [0.5, 0.6) is 5.75 Å². The van der Waals surface area contributed by atoms with Crippen LogP contribution in [0.4, 0.5) is 5.69 Å². The summed E-state index contributed by atoms with van der Waals surface area (Å²) in [7, 11) is 1.75. The van der Waals surface area contributed by atoms with E-state index >= 15 is 0 Å². The monoisotopic (exact) mass is 456 g/mol. The normalized spacial score (nSPS) is 14.5. The maximum absolute atomic E-state index is 11.6. The minimum atomic E-state index is -0.156. The first kappa shape index (κ1) is 18.6. The van der Waals surface area contributed by atoms with Crippen molar-refractivity contribution in [3.63, 3.8) is 0 Å². The lowest BCUT2D eigenvalue weighted by Gasteiger charge is -2.18. The molecule has 0 radical (unpaired) electrons. The van der Waals surface area contributed by atoms with Gasteiger partial charge in [-0.05, 0) is 42.8 Å². The number of carbonyl (C=O) groups excluding carboxylic acids is 1. The Labute approximate surface area is 174 Å². The Morgan fingerprint density at radius 2 is 2.04 bits per heavy atom. The van der Waals surface area contributed by atoms with Gasteiger partial charge in [-0.25, -0.2) is 4.68 Å². The second kappa shape index (κ2) is 7.73. The molecule has 1 amide bonds. The molecule has 3 aromatic rings. The van der Waals surface area contributed by atoms with Crippen molar-refractivity contribution in [2.45, 2.75) is 6.92 Å². The standard InChI is InChI=1S/C20H17BrN4O2S/c1-12(13-3-6-15(21)7-4-13)24-25-17(11-28-20(25)22-2)14-5-8-18-16(9-14)23-19(26)10-27-18/h3-9,11H,10H2,1-2H3,(H,23,26). The van der Waals surface area contributed by atoms with E-state index in [-0.39, 0.29) is 12.5 Å². The van der Waals surface area contributed by atoms with Crippen LogP contribution >= 0.6 is 27.3 Å². The number of fused-ring (bicyclic) bond motifs is 1. The molecular formula is C20H17BrN4O2S. The summed E-state index contributed by atoms with van der Waals surface area (Å²) < 4.78 is 8.30. The third kappa shape index (κ3) is 3.65. The summed E-state index contributed by atoms with van der Waals surface area (Å²) in [6.07, 6.45) is 0. The van der Waals surface area contributed by atoms with Crippen LogP contribution in [0.3, 0.4) is 0 Å². The minimum Gasteiger partial charge on any atom is -0.482 e. The van der Waals surface area contributed by atoms with E-state index in [1.807, 2.05) is 59.4 Å². The molecule has 4 rings (SSSR count). The van der Waals surface area contributed by atoms with Crippen molar-refractivity contribution < 1.29 is 9.53 Å². The van der Waals surface area contributed by atoms with E-state index in [0.29, 0.717) is 11.4 Å². The average molecular weight is 457 g/mol. The van der Waals surface area contributed by atoms with Crippen LogP contribution in [0, 0.1) is 0 Å². The Morgan fingerprint density at radius 1 is 1.25 bits per heavy atom. The lowest BCUT2D eigenvalue weighted by molar-refractivity contribution is -0.118. The van der Waals surface area contributed by atoms with Gasteiger partial charge < -0.3 is 10.1 Å². The van der Waals surface area contributed by atoms with Crippen LogP contribution in [0.1, 0.15) is 12.5 Å². The predicted octanol–water partition coefficient (Wildman–Crippen LogP) is 4.11. The van der Waals surface area contributed by atoms with Crippen LogP contribution in [0.25, 0.3) is 11.3 Å². The molecule has 0 atom stereocenters. The van der Waals surface area contributed by atoms with E-state index in [2.05, 4.69) is 26.2 Å². The molecule has 1 aliphatic rings. The average Bonchev–Trinajstić information content (AvgIpc) is 3.10. The predicted molar refractivity (Wildman–Crippen MR) is 115 cm³/mol. The number of anilines is 1. The molecule has 28 heavy (non-hydrogen) atoms. The Morgan fingerprint density at radius 3 is 2.79 bits per heavy atom. The highest BCUT2D eigenvalue weighted by molar-refractivity contribution is 9.10. The number of nitrogens with one attached hydrogen (secondary N) is 1. The highest BCUT2D eigenvalue weighted by Gasteiger charge is 2.18. The number of hydrogen-bond donors (Lipinski definition) is 1. The van der Waals surface area contributed by atoms with E-state index in [0.717, 1.165) is 31.8 Å². The molecule has 1 aliphatic heterocycles. The van der Waals surface area contributed by atoms with Crippen molar-refractivity contribution in [1.29, 1.82) is 0 Å². The maximum atomic E-state index is 11.6. The number of halogens is 1. The van der Waals surface area contributed by atoms with E-state index in [4.69, 9.17) is 9.84 Å². The number of aromatic nitrogens is 1. The fraction of sp³-hybridized carbons (Fsp3) is 0.150. The third-order valence-corrected chi connectivity index (χ3v) is 5.73. The van der Waals surface area contributed by atoms with Crippen LogP contribution in [0.15, 0.2) is 62.4 Å². The molecular weight excluding hydrogens is 440 g/mol. The molecule has 0 fully saturated rings. The van der Waals surface area contributed by atoms with Crippen molar-refractivity contribution >= 4 is 44.6 Å². The molecule has 6 nitrogen and oxygen atoms in total. The smallest absolute Gasteiger partial charge is 0.262 e. The van der Waals surface area contributed by atoms with Crippen molar-refractivity contribution in [3.8, 4) is 17.0 Å². The fourth-order valence-corrected chi connectivity index (χ4v) is 3.95. The van der Waals surface area contributed by atoms with Crippen molar-refractivity contribution in [3.05, 3.63) is 62.7 Å². The van der Waals surface area contributed by atoms with Crippen molar-refractivity contribution in [2.24, 2.45) is 10.1 Å². The van der Waals surface area contributed by atoms with E-state index in [9.17, 15) is 4.79 Å². The minimum absolute atomic E-state index is 0.0420. The van der Waals surface area contributed by atoms with Crippen molar-refractivity contribution in [2.75, 3.05) is 19.0 Å². The second-order valence-corrected chi connectivity index (χ2v) is 7.93. The van der Waals surface area contributed by atoms with Gasteiger partial charge in [0.2, 0.25) is 4.80 Å². The maximum Gasteiger partial charge on any atom is 0.262 e. The quantitative estimate of drug-likeness (QED) is 0.602. The largest absolute Gasteiger partial charge is 0.482 e. The number of amides is 1. The Balaban J connectivity index is 1.79. The number of hydrogen-bond acceptors (Lipinski definition) is 5. The molecule has 0 saturated carbocycles. The summed E-state index contributed by atoms with van der Waals surface area (Å²) in [4.78, 5) is 16.8. The first-order valence-electron chi connectivity index (χ1n) is 8.57. The van der Waals surface area contributed by atoms with Gasteiger partial charge in [-0.2, -0.15) is 5.10 Å². The second-order valence-electron chi connectivity index (χ2n) is 6.18. The Bertz CT molecular complexity index is 1150. The van der Waals surface area contributed by atoms with Gasteiger partial charge >= 0.3 is 0 Å². The van der Waals surface area contributed by atoms with Crippen LogP contribution < -0.4 is 14.9 Å². The summed E-state index contributed by atoms with van der Waals surface area (Å²) in [5.41, 5.74) is 4.38. The van der Waals surface area contributed by atoms with Crippen LogP contribution in [-0.4, -0.2) is 29.9 Å². The molecule has 8 heteroatoms. The zero-order chi connectivity index (χ0) is 19.7. The third-order valence-electron chi connectivity index (χ3n) is 4.30. The van der Waals surface area contributed by atoms with Gasteiger partial charge in [0.15, 0.2) is 6.61 Å². The molecule has 2 heterocycles. The van der Waals surface area contributed by atoms with E-state index in [1.54, 1.807) is 7.05 Å². The molecule has 1 N–H and O–H groups in total. The first-order chi connectivity index (χ1) is 13.5. The lowest BCUT2D eigenvalue weighted by atomic mass is 10.1. The Hall–Kier alpha value is -2.71. The van der Waals surface area contributed by atoms with Gasteiger partial charge in [0.25, 0.3) is 5.91 Å². The molecule has 0 aliphatic carbocycles. The topological polar surface area (TPSA) is 68.0 Å². The Kier molecular flexibility index (Phi) is 5.15. The van der Waals surface area contributed by atoms with Gasteiger partial charge in [0.05, 0.1) is 17.1 Å². The van der Waals surface area contributed by atoms with Crippen LogP contribution in [-0.2, 0) is 4.79 Å². The number of ether oxygens (including phenoxy) is 1. The van der Waals surface area contributed by atoms with Crippen molar-refractivity contribution in [1.82, 2.24) is 4.68 Å². The van der Waals surface area contributed by atoms with E-state index < -0.39 is 0 Å². The fourth-order valence-electron chi connectivity index (χ4n) is 2.89. The molecule has 142 valence electrons. The molecule has 0 spiro atoms. The summed E-state index contributed by atoms with van der Waals surface area (Å²) in [6.45, 7) is 2.01. The van der Waals surface area contributed by atoms with Gasteiger partial charge in [0.1, 0.15) is 5.75 Å². The van der Waals surface area contributed by atoms with Gasteiger partial charge in [0, 0.05) is 22.5 Å². The molecule has 0 saturated heterocycles.